The quantitative estimate of drug-likeness (QED) is 0.882. The summed E-state index contributed by atoms with van der Waals surface area (Å²) < 4.78 is 0. The van der Waals surface area contributed by atoms with E-state index in [0.717, 1.165) is 13.1 Å². The van der Waals surface area contributed by atoms with Crippen LogP contribution in [-0.2, 0) is 4.79 Å². The molecule has 1 aliphatic rings. The Kier molecular flexibility index (Phi) is 5.36. The Morgan fingerprint density at radius 1 is 1.60 bits per heavy atom. The van der Waals surface area contributed by atoms with E-state index >= 15 is 0 Å². The minimum absolute atomic E-state index is 0.0671. The van der Waals surface area contributed by atoms with Crippen LogP contribution in [0, 0.1) is 11.3 Å². The maximum Gasteiger partial charge on any atom is 0.225 e. The molecule has 1 fully saturated rings. The summed E-state index contributed by atoms with van der Waals surface area (Å²) in [6.07, 6.45) is 0.366. The molecule has 6 heteroatoms. The van der Waals surface area contributed by atoms with Gasteiger partial charge >= 0.3 is 0 Å². The van der Waals surface area contributed by atoms with Crippen molar-refractivity contribution in [2.75, 3.05) is 31.5 Å². The number of nitriles is 1. The van der Waals surface area contributed by atoms with Gasteiger partial charge in [0.1, 0.15) is 6.04 Å². The van der Waals surface area contributed by atoms with E-state index < -0.39 is 0 Å². The van der Waals surface area contributed by atoms with Crippen LogP contribution >= 0.6 is 11.6 Å². The summed E-state index contributed by atoms with van der Waals surface area (Å²) in [6.45, 7) is 2.90. The molecule has 0 saturated carbocycles. The van der Waals surface area contributed by atoms with E-state index in [2.05, 4.69) is 16.7 Å². The Balaban J connectivity index is 1.81. The van der Waals surface area contributed by atoms with E-state index in [0.29, 0.717) is 30.2 Å². The summed E-state index contributed by atoms with van der Waals surface area (Å²) in [4.78, 5) is 13.9. The molecule has 2 rings (SSSR count). The predicted octanol–water partition coefficient (Wildman–Crippen LogP) is 1.47. The highest BCUT2D eigenvalue weighted by Crippen LogP contribution is 2.15. The number of piperazine rings is 1. The largest absolute Gasteiger partial charge is 0.326 e. The Morgan fingerprint density at radius 3 is 3.20 bits per heavy atom. The van der Waals surface area contributed by atoms with E-state index in [1.165, 1.54) is 0 Å². The normalized spacial score (nSPS) is 19.3. The molecule has 0 spiro atoms. The third kappa shape index (κ3) is 4.20. The number of carbonyl (C=O) groups is 1. The molecular formula is C14H17ClN4O. The van der Waals surface area contributed by atoms with Gasteiger partial charge in [-0.1, -0.05) is 17.7 Å². The van der Waals surface area contributed by atoms with Crippen LogP contribution < -0.4 is 10.6 Å². The number of carbonyl (C=O) groups excluding carboxylic acids is 1. The van der Waals surface area contributed by atoms with Crippen LogP contribution in [0.25, 0.3) is 0 Å². The second-order valence-corrected chi connectivity index (χ2v) is 5.13. The zero-order valence-electron chi connectivity index (χ0n) is 11.1. The summed E-state index contributed by atoms with van der Waals surface area (Å²) in [7, 11) is 0. The van der Waals surface area contributed by atoms with Crippen LogP contribution in [0.2, 0.25) is 5.02 Å². The third-order valence-electron chi connectivity index (χ3n) is 3.24. The van der Waals surface area contributed by atoms with Crippen molar-refractivity contribution in [1.82, 2.24) is 10.2 Å². The summed E-state index contributed by atoms with van der Waals surface area (Å²) in [5.41, 5.74) is 0.694. The minimum atomic E-state index is -0.150. The smallest absolute Gasteiger partial charge is 0.225 e. The fourth-order valence-corrected chi connectivity index (χ4v) is 2.37. The van der Waals surface area contributed by atoms with Crippen molar-refractivity contribution in [2.24, 2.45) is 0 Å². The van der Waals surface area contributed by atoms with Crippen molar-refractivity contribution >= 4 is 23.2 Å². The van der Waals surface area contributed by atoms with Gasteiger partial charge < -0.3 is 10.6 Å². The Morgan fingerprint density at radius 2 is 2.45 bits per heavy atom. The maximum atomic E-state index is 11.9. The number of amides is 1. The number of rotatable bonds is 4. The molecule has 0 aromatic heterocycles. The first-order chi connectivity index (χ1) is 9.69. The van der Waals surface area contributed by atoms with Gasteiger partial charge in [0.25, 0.3) is 0 Å². The number of hydrogen-bond acceptors (Lipinski definition) is 4. The fraction of sp³-hybridized carbons (Fsp3) is 0.429. The molecule has 0 bridgehead atoms. The van der Waals surface area contributed by atoms with E-state index in [1.54, 1.807) is 24.3 Å². The molecule has 2 N–H and O–H groups in total. The van der Waals surface area contributed by atoms with Crippen molar-refractivity contribution in [3.05, 3.63) is 29.3 Å². The molecule has 106 valence electrons. The van der Waals surface area contributed by atoms with Crippen LogP contribution in [0.1, 0.15) is 6.42 Å². The maximum absolute atomic E-state index is 11.9. The molecule has 20 heavy (non-hydrogen) atoms. The molecule has 5 nitrogen and oxygen atoms in total. The highest BCUT2D eigenvalue weighted by Gasteiger charge is 2.21. The van der Waals surface area contributed by atoms with Crippen LogP contribution in [0.3, 0.4) is 0 Å². The molecule has 1 aromatic carbocycles. The molecule has 1 amide bonds. The molecule has 1 heterocycles. The van der Waals surface area contributed by atoms with Crippen LogP contribution in [0.5, 0.6) is 0 Å². The standard InChI is InChI=1S/C14H17ClN4O/c15-11-2-1-3-12(8-11)18-14(20)4-6-19-7-5-17-10-13(19)9-16/h1-3,8,13,17H,4-7,10H2,(H,18,20). The van der Waals surface area contributed by atoms with Gasteiger partial charge in [0.15, 0.2) is 0 Å². The van der Waals surface area contributed by atoms with Crippen LogP contribution in [0.15, 0.2) is 24.3 Å². The molecule has 1 unspecified atom stereocenters. The predicted molar refractivity (Wildman–Crippen MR) is 78.5 cm³/mol. The van der Waals surface area contributed by atoms with Gasteiger partial charge in [0, 0.05) is 43.3 Å². The lowest BCUT2D eigenvalue weighted by molar-refractivity contribution is -0.116. The minimum Gasteiger partial charge on any atom is -0.326 e. The van der Waals surface area contributed by atoms with E-state index in [4.69, 9.17) is 16.9 Å². The van der Waals surface area contributed by atoms with E-state index in [9.17, 15) is 4.79 Å². The number of anilines is 1. The Hall–Kier alpha value is -1.61. The number of nitrogens with one attached hydrogen (secondary N) is 2. The molecule has 1 saturated heterocycles. The second-order valence-electron chi connectivity index (χ2n) is 4.69. The summed E-state index contributed by atoms with van der Waals surface area (Å²) in [5.74, 6) is -0.0671. The first kappa shape index (κ1) is 14.8. The summed E-state index contributed by atoms with van der Waals surface area (Å²) in [6, 6.07) is 9.16. The van der Waals surface area contributed by atoms with Crippen molar-refractivity contribution in [3.63, 3.8) is 0 Å². The molecule has 1 atom stereocenters. The Labute approximate surface area is 123 Å². The lowest BCUT2D eigenvalue weighted by Gasteiger charge is -2.31. The van der Waals surface area contributed by atoms with Gasteiger partial charge in [-0.25, -0.2) is 0 Å². The summed E-state index contributed by atoms with van der Waals surface area (Å²) >= 11 is 5.86. The van der Waals surface area contributed by atoms with Gasteiger partial charge in [-0.2, -0.15) is 5.26 Å². The van der Waals surface area contributed by atoms with E-state index in [1.807, 2.05) is 4.90 Å². The monoisotopic (exact) mass is 292 g/mol. The zero-order chi connectivity index (χ0) is 14.4. The van der Waals surface area contributed by atoms with Crippen molar-refractivity contribution in [1.29, 1.82) is 5.26 Å². The van der Waals surface area contributed by atoms with Crippen molar-refractivity contribution in [3.8, 4) is 6.07 Å². The highest BCUT2D eigenvalue weighted by molar-refractivity contribution is 6.30. The van der Waals surface area contributed by atoms with Gasteiger partial charge in [0.2, 0.25) is 5.91 Å². The topological polar surface area (TPSA) is 68.2 Å². The Bertz CT molecular complexity index is 514. The molecule has 0 aliphatic carbocycles. The lowest BCUT2D eigenvalue weighted by Crippen LogP contribution is -2.51. The van der Waals surface area contributed by atoms with Gasteiger partial charge in [0.05, 0.1) is 6.07 Å². The molecule has 1 aliphatic heterocycles. The summed E-state index contributed by atoms with van der Waals surface area (Å²) in [5, 5.41) is 15.6. The SMILES string of the molecule is N#CC1CNCCN1CCC(=O)Nc1cccc(Cl)c1. The van der Waals surface area contributed by atoms with Gasteiger partial charge in [-0.3, -0.25) is 9.69 Å². The first-order valence-electron chi connectivity index (χ1n) is 6.59. The average Bonchev–Trinajstić information content (AvgIpc) is 2.45. The lowest BCUT2D eigenvalue weighted by atomic mass is 10.2. The third-order valence-corrected chi connectivity index (χ3v) is 3.47. The number of nitrogens with zero attached hydrogens (tertiary/aromatic N) is 2. The first-order valence-corrected chi connectivity index (χ1v) is 6.96. The van der Waals surface area contributed by atoms with Crippen LogP contribution in [-0.4, -0.2) is 43.0 Å². The van der Waals surface area contributed by atoms with Gasteiger partial charge in [-0.05, 0) is 18.2 Å². The highest BCUT2D eigenvalue weighted by atomic mass is 35.5. The fourth-order valence-electron chi connectivity index (χ4n) is 2.18. The molecule has 1 aromatic rings. The van der Waals surface area contributed by atoms with Gasteiger partial charge in [-0.15, -0.1) is 0 Å². The van der Waals surface area contributed by atoms with Crippen LogP contribution in [0.4, 0.5) is 5.69 Å². The van der Waals surface area contributed by atoms with Crippen molar-refractivity contribution < 1.29 is 4.79 Å². The second kappa shape index (κ2) is 7.25. The van der Waals surface area contributed by atoms with E-state index in [-0.39, 0.29) is 11.9 Å². The number of halogens is 1. The molecular weight excluding hydrogens is 276 g/mol. The number of benzene rings is 1. The number of hydrogen-bond donors (Lipinski definition) is 2. The van der Waals surface area contributed by atoms with Crippen molar-refractivity contribution in [2.45, 2.75) is 12.5 Å². The molecule has 0 radical (unpaired) electrons. The average molecular weight is 293 g/mol. The zero-order valence-corrected chi connectivity index (χ0v) is 11.9.